The second-order valence-corrected chi connectivity index (χ2v) is 21.6. The smallest absolute Gasteiger partial charge is 0.455 e. The van der Waals surface area contributed by atoms with E-state index in [0.29, 0.717) is 47.4 Å². The molecule has 62 heavy (non-hydrogen) atoms. The summed E-state index contributed by atoms with van der Waals surface area (Å²) < 4.78 is 97.9. The summed E-state index contributed by atoms with van der Waals surface area (Å²) in [6.45, 7) is 8.27. The highest BCUT2D eigenvalue weighted by atomic mass is 28.4. The van der Waals surface area contributed by atoms with Crippen LogP contribution in [-0.4, -0.2) is 50.1 Å². The van der Waals surface area contributed by atoms with E-state index in [1.165, 1.54) is 0 Å². The number of imide groups is 1. The van der Waals surface area contributed by atoms with E-state index in [0.717, 1.165) is 21.5 Å². The summed E-state index contributed by atoms with van der Waals surface area (Å²) in [5.74, 6) is -4.97. The molecule has 0 aromatic heterocycles. The number of allylic oxidation sites excluding steroid dienone is 1. The van der Waals surface area contributed by atoms with E-state index in [-0.39, 0.29) is 31.2 Å². The third kappa shape index (κ3) is 8.81. The molecule has 3 aliphatic rings. The molecule has 0 bridgehead atoms. The van der Waals surface area contributed by atoms with Gasteiger partial charge < -0.3 is 19.2 Å². The first-order valence-corrected chi connectivity index (χ1v) is 22.6. The zero-order chi connectivity index (χ0) is 44.8. The molecule has 0 spiro atoms. The van der Waals surface area contributed by atoms with Crippen LogP contribution < -0.4 is 15.3 Å². The lowest BCUT2D eigenvalue weighted by Gasteiger charge is -2.46. The molecule has 2 amide bonds. The highest BCUT2D eigenvalue weighted by Crippen LogP contribution is 2.52. The fourth-order valence-electron chi connectivity index (χ4n) is 9.69. The quantitative estimate of drug-likeness (QED) is 0.0675. The van der Waals surface area contributed by atoms with Gasteiger partial charge in [0.05, 0.1) is 41.4 Å². The number of carbonyl (C=O) groups excluding carboxylic acids is 2. The molecule has 0 unspecified atom stereocenters. The van der Waals surface area contributed by atoms with Gasteiger partial charge in [-0.25, -0.2) is 4.90 Å². The molecule has 7 rings (SSSR count). The molecular formula is C47H48BF6NO6Si. The van der Waals surface area contributed by atoms with Gasteiger partial charge in [0.1, 0.15) is 5.75 Å². The number of fused-ring (bicyclic) bond motifs is 3. The molecule has 2 aliphatic heterocycles. The van der Waals surface area contributed by atoms with E-state index in [1.54, 1.807) is 18.2 Å². The van der Waals surface area contributed by atoms with E-state index in [9.17, 15) is 46.1 Å². The molecule has 15 heteroatoms. The van der Waals surface area contributed by atoms with E-state index >= 15 is 0 Å². The van der Waals surface area contributed by atoms with Crippen LogP contribution in [0.1, 0.15) is 70.1 Å². The number of benzene rings is 4. The third-order valence-corrected chi connectivity index (χ3v) is 17.4. The minimum absolute atomic E-state index is 0.0265. The van der Waals surface area contributed by atoms with Crippen molar-refractivity contribution in [1.29, 1.82) is 0 Å². The molecule has 0 radical (unpaired) electrons. The molecule has 2 heterocycles. The third-order valence-electron chi connectivity index (χ3n) is 12.4. The topological polar surface area (TPSA) is 96.3 Å². The van der Waals surface area contributed by atoms with Crippen molar-refractivity contribution in [3.05, 3.63) is 137 Å². The van der Waals surface area contributed by atoms with Gasteiger partial charge in [-0.2, -0.15) is 26.3 Å². The molecule has 4 atom stereocenters. The van der Waals surface area contributed by atoms with E-state index in [2.05, 4.69) is 20.8 Å². The number of phenols is 1. The maximum atomic E-state index is 14.6. The van der Waals surface area contributed by atoms with Crippen LogP contribution in [0.2, 0.25) is 11.4 Å². The van der Waals surface area contributed by atoms with Gasteiger partial charge in [0.25, 0.3) is 8.32 Å². The van der Waals surface area contributed by atoms with Crippen LogP contribution in [0.15, 0.2) is 120 Å². The largest absolute Gasteiger partial charge is 0.508 e. The summed E-state index contributed by atoms with van der Waals surface area (Å²) in [5.41, 5.74) is -1.06. The van der Waals surface area contributed by atoms with E-state index in [1.807, 2.05) is 79.7 Å². The van der Waals surface area contributed by atoms with Crippen molar-refractivity contribution < 1.29 is 55.1 Å². The number of phenolic OH excluding ortho intramolecular Hbond substituents is 1. The Morgan fingerprint density at radius 2 is 1.44 bits per heavy atom. The van der Waals surface area contributed by atoms with Gasteiger partial charge in [-0.3, -0.25) is 9.59 Å². The summed E-state index contributed by atoms with van der Waals surface area (Å²) in [5, 5.41) is 22.9. The molecule has 4 aromatic carbocycles. The van der Waals surface area contributed by atoms with Crippen molar-refractivity contribution in [2.75, 3.05) is 11.5 Å². The number of amides is 2. The number of hydrogen-bond donors (Lipinski definition) is 2. The molecule has 326 valence electrons. The van der Waals surface area contributed by atoms with E-state index in [4.69, 9.17) is 9.08 Å². The summed E-state index contributed by atoms with van der Waals surface area (Å²) >= 11 is 0. The van der Waals surface area contributed by atoms with Crippen LogP contribution in [0.25, 0.3) is 6.08 Å². The van der Waals surface area contributed by atoms with Gasteiger partial charge >= 0.3 is 19.5 Å². The Bertz CT molecular complexity index is 2290. The molecule has 4 aromatic rings. The monoisotopic (exact) mass is 875 g/mol. The Labute approximate surface area is 358 Å². The van der Waals surface area contributed by atoms with Crippen LogP contribution in [-0.2, 0) is 31.0 Å². The van der Waals surface area contributed by atoms with Crippen LogP contribution in [0.3, 0.4) is 0 Å². The summed E-state index contributed by atoms with van der Waals surface area (Å²) in [6, 6.07) is 27.2. The lowest BCUT2D eigenvalue weighted by Crippen LogP contribution is -2.66. The van der Waals surface area contributed by atoms with Crippen molar-refractivity contribution >= 4 is 49.4 Å². The normalized spacial score (nSPS) is 21.4. The van der Waals surface area contributed by atoms with Crippen LogP contribution in [0.5, 0.6) is 5.75 Å². The Kier molecular flexibility index (Phi) is 12.6. The molecule has 2 fully saturated rings. The number of rotatable bonds is 11. The molecule has 7 nitrogen and oxygen atoms in total. The predicted molar refractivity (Wildman–Crippen MR) is 228 cm³/mol. The summed E-state index contributed by atoms with van der Waals surface area (Å²) in [4.78, 5) is 29.5. The zero-order valence-corrected chi connectivity index (χ0v) is 35.8. The minimum Gasteiger partial charge on any atom is -0.508 e. The number of nitrogens with zero attached hydrogens (tertiary/aromatic N) is 1. The number of alkyl halides is 6. The SMILES string of the molecule is CC/C(=C\c1cccc(O)c1)CC[C@H]1OB(O)C[C@H]2C1=C(CO[Si](c1ccccc1)(c1ccccc1)C(C)(C)C)C[C@H]1C(=O)N(c3cc(C(F)(F)F)cc(C(F)(F)F)c3)C(=O)[C@H]12. The van der Waals surface area contributed by atoms with Gasteiger partial charge in [0.15, 0.2) is 0 Å². The first-order valence-electron chi connectivity index (χ1n) is 20.7. The van der Waals surface area contributed by atoms with Crippen molar-refractivity contribution in [2.45, 2.75) is 83.2 Å². The number of carbonyl (C=O) groups is 2. The number of anilines is 1. The molecule has 0 saturated carbocycles. The number of hydrogen-bond acceptors (Lipinski definition) is 6. The van der Waals surface area contributed by atoms with Crippen molar-refractivity contribution in [3.63, 3.8) is 0 Å². The first kappa shape index (κ1) is 45.1. The Balaban J connectivity index is 1.34. The van der Waals surface area contributed by atoms with Crippen LogP contribution in [0, 0.1) is 17.8 Å². The van der Waals surface area contributed by atoms with Gasteiger partial charge in [-0.1, -0.05) is 112 Å². The van der Waals surface area contributed by atoms with Gasteiger partial charge in [-0.15, -0.1) is 0 Å². The first-order chi connectivity index (χ1) is 29.2. The van der Waals surface area contributed by atoms with Crippen LogP contribution in [0.4, 0.5) is 32.0 Å². The maximum absolute atomic E-state index is 14.6. The predicted octanol–water partition coefficient (Wildman–Crippen LogP) is 9.58. The van der Waals surface area contributed by atoms with Crippen molar-refractivity contribution in [2.24, 2.45) is 17.8 Å². The molecular weight excluding hydrogens is 827 g/mol. The summed E-state index contributed by atoms with van der Waals surface area (Å²) in [7, 11) is -4.62. The van der Waals surface area contributed by atoms with Crippen molar-refractivity contribution in [3.8, 4) is 5.75 Å². The molecule has 2 N–H and O–H groups in total. The fraction of sp³-hybridized carbons (Fsp3) is 0.362. The number of halogens is 6. The second kappa shape index (κ2) is 17.3. The van der Waals surface area contributed by atoms with Crippen LogP contribution >= 0.6 is 0 Å². The lowest BCUT2D eigenvalue weighted by molar-refractivity contribution is -0.143. The van der Waals surface area contributed by atoms with Gasteiger partial charge in [-0.05, 0) is 100 Å². The fourth-order valence-corrected chi connectivity index (χ4v) is 14.2. The maximum Gasteiger partial charge on any atom is 0.455 e. The Hall–Kier alpha value is -4.96. The molecule has 1 aliphatic carbocycles. The van der Waals surface area contributed by atoms with Crippen molar-refractivity contribution in [1.82, 2.24) is 0 Å². The van der Waals surface area contributed by atoms with Gasteiger partial charge in [0, 0.05) is 0 Å². The summed E-state index contributed by atoms with van der Waals surface area (Å²) in [6.07, 6.45) is -8.02. The highest BCUT2D eigenvalue weighted by molar-refractivity contribution is 6.99. The standard InChI is InChI=1S/C47H48BF6NO6Si/c1-5-29(21-30-13-12-14-35(56)22-30)19-20-40-41-31(28-60-62(45(2,3)4,36-15-8-6-9-16-36)37-17-10-7-11-18-37)23-38-42(39(41)27-48(59)61-40)44(58)55(43(38)57)34-25-32(46(49,50)51)24-33(26-34)47(52,53)54/h6-18,21-22,24-26,38-40,42,56,59H,5,19-20,23,27-28H2,1-4H3/b29-21+/t38-,39+,40-,42-/m1/s1. The minimum atomic E-state index is -5.21. The second-order valence-electron chi connectivity index (χ2n) is 17.3. The zero-order valence-electron chi connectivity index (χ0n) is 34.8. The Morgan fingerprint density at radius 1 is 0.839 bits per heavy atom. The van der Waals surface area contributed by atoms with E-state index < -0.39 is 85.3 Å². The average Bonchev–Trinajstić information content (AvgIpc) is 3.47. The highest BCUT2D eigenvalue weighted by Gasteiger charge is 2.59. The molecule has 2 saturated heterocycles. The number of aromatic hydroxyl groups is 1. The average molecular weight is 876 g/mol. The van der Waals surface area contributed by atoms with Gasteiger partial charge in [0.2, 0.25) is 11.8 Å². The lowest BCUT2D eigenvalue weighted by atomic mass is 9.58. The Morgan fingerprint density at radius 3 is 1.97 bits per heavy atom.